The third-order valence-corrected chi connectivity index (χ3v) is 4.07. The van der Waals surface area contributed by atoms with Crippen molar-refractivity contribution in [1.29, 1.82) is 0 Å². The van der Waals surface area contributed by atoms with Gasteiger partial charge in [-0.25, -0.2) is 4.98 Å². The largest absolute Gasteiger partial charge is 0.489 e. The minimum absolute atomic E-state index is 0.361. The summed E-state index contributed by atoms with van der Waals surface area (Å²) in [6.45, 7) is 4.36. The first kappa shape index (κ1) is 14.0. The smallest absolute Gasteiger partial charge is 0.146 e. The van der Waals surface area contributed by atoms with E-state index in [4.69, 9.17) is 15.5 Å². The summed E-state index contributed by atoms with van der Waals surface area (Å²) in [7, 11) is 0. The second-order valence-electron chi connectivity index (χ2n) is 5.77. The Morgan fingerprint density at radius 3 is 2.57 bits per heavy atom. The van der Waals surface area contributed by atoms with Crippen LogP contribution in [0.25, 0.3) is 20.8 Å². The zero-order valence-corrected chi connectivity index (χ0v) is 13.0. The Morgan fingerprint density at radius 1 is 1.10 bits per heavy atom. The Balaban J connectivity index is 1.98. The van der Waals surface area contributed by atoms with Crippen LogP contribution in [0.15, 0.2) is 48.5 Å². The third-order valence-electron chi connectivity index (χ3n) is 3.00. The molecule has 0 aliphatic heterocycles. The number of benzene rings is 2. The van der Waals surface area contributed by atoms with Crippen molar-refractivity contribution in [3.8, 4) is 16.3 Å². The number of rotatable bonds is 4. The monoisotopic (exact) mass is 298 g/mol. The van der Waals surface area contributed by atoms with Gasteiger partial charge >= 0.3 is 0 Å². The fourth-order valence-electron chi connectivity index (χ4n) is 2.01. The van der Waals surface area contributed by atoms with Crippen LogP contribution in [0.4, 0.5) is 0 Å². The average molecular weight is 298 g/mol. The van der Waals surface area contributed by atoms with Crippen LogP contribution in [0.1, 0.15) is 13.8 Å². The normalized spacial score (nSPS) is 11.8. The zero-order chi connectivity index (χ0) is 14.9. The number of fused-ring (bicyclic) bond motifs is 1. The molecule has 0 saturated heterocycles. The molecule has 0 spiro atoms. The molecule has 3 aromatic rings. The molecule has 1 aromatic heterocycles. The van der Waals surface area contributed by atoms with Gasteiger partial charge in [0.1, 0.15) is 22.9 Å². The quantitative estimate of drug-likeness (QED) is 0.789. The fraction of sp³-hybridized carbons (Fsp3) is 0.235. The molecule has 0 unspecified atom stereocenters. The summed E-state index contributed by atoms with van der Waals surface area (Å²) in [6.07, 6.45) is 0. The molecule has 1 heterocycles. The number of hydrogen-bond donors (Lipinski definition) is 1. The highest BCUT2D eigenvalue weighted by Gasteiger charge is 2.15. The van der Waals surface area contributed by atoms with Crippen molar-refractivity contribution in [1.82, 2.24) is 4.98 Å². The average Bonchev–Trinajstić information content (AvgIpc) is 2.89. The molecule has 0 amide bonds. The predicted molar refractivity (Wildman–Crippen MR) is 88.8 cm³/mol. The highest BCUT2D eigenvalue weighted by molar-refractivity contribution is 7.21. The first-order chi connectivity index (χ1) is 10.0. The molecule has 108 valence electrons. The lowest BCUT2D eigenvalue weighted by Crippen LogP contribution is -2.38. The molecule has 3 rings (SSSR count). The van der Waals surface area contributed by atoms with Crippen LogP contribution in [0.3, 0.4) is 0 Å². The van der Waals surface area contributed by atoms with Crippen molar-refractivity contribution in [2.45, 2.75) is 19.4 Å². The molecular formula is C17H18N2OS. The van der Waals surface area contributed by atoms with Crippen LogP contribution in [-0.2, 0) is 0 Å². The van der Waals surface area contributed by atoms with Crippen LogP contribution in [0, 0.1) is 0 Å². The molecule has 0 saturated carbocycles. The van der Waals surface area contributed by atoms with E-state index in [1.54, 1.807) is 11.3 Å². The number of ether oxygens (including phenoxy) is 1. The van der Waals surface area contributed by atoms with E-state index < -0.39 is 0 Å². The number of nitrogens with two attached hydrogens (primary N) is 1. The van der Waals surface area contributed by atoms with Gasteiger partial charge in [0.05, 0.1) is 4.70 Å². The summed E-state index contributed by atoms with van der Waals surface area (Å²) in [5.41, 5.74) is 7.66. The molecule has 0 fully saturated rings. The van der Waals surface area contributed by atoms with E-state index in [0.29, 0.717) is 6.61 Å². The molecule has 0 aliphatic carbocycles. The molecule has 4 heteroatoms. The minimum Gasteiger partial charge on any atom is -0.489 e. The van der Waals surface area contributed by atoms with Gasteiger partial charge in [0.25, 0.3) is 0 Å². The van der Waals surface area contributed by atoms with Crippen LogP contribution in [-0.4, -0.2) is 17.1 Å². The summed E-state index contributed by atoms with van der Waals surface area (Å²) in [6, 6.07) is 16.2. The Kier molecular flexibility index (Phi) is 3.66. The summed E-state index contributed by atoms with van der Waals surface area (Å²) in [5, 5.41) is 1.01. The van der Waals surface area contributed by atoms with Gasteiger partial charge in [0.15, 0.2) is 0 Å². The highest BCUT2D eigenvalue weighted by Crippen LogP contribution is 2.34. The van der Waals surface area contributed by atoms with Gasteiger partial charge in [-0.2, -0.15) is 0 Å². The third kappa shape index (κ3) is 3.23. The maximum atomic E-state index is 5.98. The van der Waals surface area contributed by atoms with Crippen molar-refractivity contribution in [2.24, 2.45) is 5.73 Å². The van der Waals surface area contributed by atoms with Crippen molar-refractivity contribution >= 4 is 21.6 Å². The maximum absolute atomic E-state index is 5.98. The van der Waals surface area contributed by atoms with Gasteiger partial charge in [-0.05, 0) is 26.0 Å². The first-order valence-electron chi connectivity index (χ1n) is 6.90. The standard InChI is InChI=1S/C17H18N2OS/c1-17(2,18)11-20-13-9-6-10-14-15(13)19-16(21-14)12-7-4-3-5-8-12/h3-10H,11,18H2,1-2H3. The van der Waals surface area contributed by atoms with E-state index in [1.807, 2.05) is 44.2 Å². The minimum atomic E-state index is -0.361. The van der Waals surface area contributed by atoms with Gasteiger partial charge in [-0.1, -0.05) is 36.4 Å². The Morgan fingerprint density at radius 2 is 1.86 bits per heavy atom. The SMILES string of the molecule is CC(C)(N)COc1cccc2sc(-c3ccccc3)nc12. The Bertz CT molecular complexity index is 744. The molecule has 0 aliphatic rings. The molecular weight excluding hydrogens is 280 g/mol. The van der Waals surface area contributed by atoms with Crippen molar-refractivity contribution in [3.63, 3.8) is 0 Å². The number of nitrogens with zero attached hydrogens (tertiary/aromatic N) is 1. The van der Waals surface area contributed by atoms with Crippen LogP contribution in [0.2, 0.25) is 0 Å². The molecule has 21 heavy (non-hydrogen) atoms. The Hall–Kier alpha value is -1.91. The topological polar surface area (TPSA) is 48.1 Å². The van der Waals surface area contributed by atoms with Crippen LogP contribution in [0.5, 0.6) is 5.75 Å². The second kappa shape index (κ2) is 5.47. The van der Waals surface area contributed by atoms with E-state index >= 15 is 0 Å². The maximum Gasteiger partial charge on any atom is 0.146 e. The predicted octanol–water partition coefficient (Wildman–Crippen LogP) is 4.08. The number of hydrogen-bond acceptors (Lipinski definition) is 4. The molecule has 2 aromatic carbocycles. The highest BCUT2D eigenvalue weighted by atomic mass is 32.1. The van der Waals surface area contributed by atoms with E-state index in [1.165, 1.54) is 0 Å². The number of para-hydroxylation sites is 1. The molecule has 0 bridgehead atoms. The Labute approximate surface area is 128 Å². The first-order valence-corrected chi connectivity index (χ1v) is 7.71. The van der Waals surface area contributed by atoms with Crippen molar-refractivity contribution in [2.75, 3.05) is 6.61 Å². The molecule has 0 atom stereocenters. The van der Waals surface area contributed by atoms with Crippen LogP contribution < -0.4 is 10.5 Å². The van der Waals surface area contributed by atoms with Gasteiger partial charge in [-0.15, -0.1) is 11.3 Å². The van der Waals surface area contributed by atoms with Gasteiger partial charge in [0.2, 0.25) is 0 Å². The molecule has 3 nitrogen and oxygen atoms in total. The lowest BCUT2D eigenvalue weighted by atomic mass is 10.1. The number of thiazole rings is 1. The van der Waals surface area contributed by atoms with Gasteiger partial charge in [0, 0.05) is 11.1 Å². The van der Waals surface area contributed by atoms with E-state index in [9.17, 15) is 0 Å². The van der Waals surface area contributed by atoms with E-state index in [0.717, 1.165) is 26.5 Å². The summed E-state index contributed by atoms with van der Waals surface area (Å²) in [5.74, 6) is 0.796. The lowest BCUT2D eigenvalue weighted by Gasteiger charge is -2.19. The van der Waals surface area contributed by atoms with E-state index in [-0.39, 0.29) is 5.54 Å². The van der Waals surface area contributed by atoms with Crippen molar-refractivity contribution < 1.29 is 4.74 Å². The number of aromatic nitrogens is 1. The van der Waals surface area contributed by atoms with Crippen molar-refractivity contribution in [3.05, 3.63) is 48.5 Å². The summed E-state index contributed by atoms with van der Waals surface area (Å²) in [4.78, 5) is 4.74. The summed E-state index contributed by atoms with van der Waals surface area (Å²) < 4.78 is 6.98. The summed E-state index contributed by atoms with van der Waals surface area (Å²) >= 11 is 1.68. The zero-order valence-electron chi connectivity index (χ0n) is 12.2. The fourth-order valence-corrected chi connectivity index (χ4v) is 3.00. The molecule has 0 radical (unpaired) electrons. The molecule has 2 N–H and O–H groups in total. The van der Waals surface area contributed by atoms with Gasteiger partial charge < -0.3 is 10.5 Å². The van der Waals surface area contributed by atoms with Gasteiger partial charge in [-0.3, -0.25) is 0 Å². The van der Waals surface area contributed by atoms with Crippen LogP contribution >= 0.6 is 11.3 Å². The lowest BCUT2D eigenvalue weighted by molar-refractivity contribution is 0.245. The second-order valence-corrected chi connectivity index (χ2v) is 6.80. The van der Waals surface area contributed by atoms with E-state index in [2.05, 4.69) is 18.2 Å².